The van der Waals surface area contributed by atoms with Crippen molar-refractivity contribution in [3.05, 3.63) is 29.8 Å². The summed E-state index contributed by atoms with van der Waals surface area (Å²) in [6.07, 6.45) is 3.35. The van der Waals surface area contributed by atoms with Crippen LogP contribution in [-0.2, 0) is 0 Å². The molecule has 0 radical (unpaired) electrons. The molecule has 2 N–H and O–H groups in total. The van der Waals surface area contributed by atoms with Crippen molar-refractivity contribution >= 4 is 17.2 Å². The van der Waals surface area contributed by atoms with Crippen molar-refractivity contribution in [2.75, 3.05) is 18.5 Å². The summed E-state index contributed by atoms with van der Waals surface area (Å²) in [5.74, 6) is 0.215. The van der Waals surface area contributed by atoms with Crippen molar-refractivity contribution in [2.24, 2.45) is 5.10 Å². The molecule has 0 aliphatic carbocycles. The number of piperidine rings is 1. The molecule has 0 amide bonds. The van der Waals surface area contributed by atoms with Gasteiger partial charge in [-0.2, -0.15) is 10.4 Å². The Labute approximate surface area is 119 Å². The smallest absolute Gasteiger partial charge is 0.202 e. The molecule has 20 heavy (non-hydrogen) atoms. The Balaban J connectivity index is 2.03. The highest BCUT2D eigenvalue weighted by Gasteiger charge is 2.18. The first-order chi connectivity index (χ1) is 9.70. The number of nitrogens with one attached hydrogen (secondary N) is 2. The van der Waals surface area contributed by atoms with Gasteiger partial charge < -0.3 is 4.90 Å². The fraction of sp³-hybridized carbons (Fsp3) is 0.400. The standard InChI is InChI=1S/C15H19N5/c1-12-5-7-13(8-6-12)18-19-14(11-16)15(17)20-9-3-2-4-10-20/h5-8,17-18H,2-4,9-10H2,1H3/b17-15?,19-14-. The zero-order valence-electron chi connectivity index (χ0n) is 11.7. The van der Waals surface area contributed by atoms with Crippen LogP contribution in [0.4, 0.5) is 5.69 Å². The lowest BCUT2D eigenvalue weighted by atomic mass is 10.1. The zero-order valence-corrected chi connectivity index (χ0v) is 11.7. The lowest BCUT2D eigenvalue weighted by Crippen LogP contribution is -2.39. The molecule has 2 rings (SSSR count). The average Bonchev–Trinajstić information content (AvgIpc) is 2.50. The van der Waals surface area contributed by atoms with Gasteiger partial charge in [0.1, 0.15) is 6.07 Å². The molecule has 1 aromatic rings. The molecule has 1 saturated heterocycles. The first-order valence-electron chi connectivity index (χ1n) is 6.85. The molecule has 1 aliphatic heterocycles. The largest absolute Gasteiger partial charge is 0.355 e. The molecule has 0 aromatic heterocycles. The molecule has 1 aromatic carbocycles. The second-order valence-electron chi connectivity index (χ2n) is 4.95. The summed E-state index contributed by atoms with van der Waals surface area (Å²) in [5.41, 5.74) is 4.96. The van der Waals surface area contributed by atoms with E-state index in [0.717, 1.165) is 31.6 Å². The summed E-state index contributed by atoms with van der Waals surface area (Å²) >= 11 is 0. The van der Waals surface area contributed by atoms with Gasteiger partial charge in [-0.3, -0.25) is 10.8 Å². The lowest BCUT2D eigenvalue weighted by Gasteiger charge is -2.27. The minimum atomic E-state index is 0.132. The molecular formula is C15H19N5. The number of amidine groups is 1. The molecule has 1 fully saturated rings. The van der Waals surface area contributed by atoms with Crippen molar-refractivity contribution < 1.29 is 0 Å². The van der Waals surface area contributed by atoms with Gasteiger partial charge in [-0.15, -0.1) is 0 Å². The summed E-state index contributed by atoms with van der Waals surface area (Å²) in [6, 6.07) is 9.75. The van der Waals surface area contributed by atoms with Crippen LogP contribution >= 0.6 is 0 Å². The van der Waals surface area contributed by atoms with E-state index < -0.39 is 0 Å². The predicted molar refractivity (Wildman–Crippen MR) is 81.0 cm³/mol. The molecule has 0 spiro atoms. The highest BCUT2D eigenvalue weighted by molar-refractivity contribution is 6.46. The van der Waals surface area contributed by atoms with Crippen LogP contribution in [0.5, 0.6) is 0 Å². The van der Waals surface area contributed by atoms with Crippen LogP contribution in [0.15, 0.2) is 29.4 Å². The van der Waals surface area contributed by atoms with E-state index in [1.165, 1.54) is 12.0 Å². The van der Waals surface area contributed by atoms with E-state index in [4.69, 9.17) is 10.7 Å². The highest BCUT2D eigenvalue weighted by Crippen LogP contribution is 2.11. The highest BCUT2D eigenvalue weighted by atomic mass is 15.3. The second kappa shape index (κ2) is 6.71. The van der Waals surface area contributed by atoms with Crippen molar-refractivity contribution in [1.29, 1.82) is 10.7 Å². The number of aryl methyl sites for hydroxylation is 1. The van der Waals surface area contributed by atoms with Gasteiger partial charge in [-0.25, -0.2) is 0 Å². The third kappa shape index (κ3) is 3.58. The second-order valence-corrected chi connectivity index (χ2v) is 4.95. The van der Waals surface area contributed by atoms with Crippen molar-refractivity contribution in [3.8, 4) is 6.07 Å². The molecule has 0 unspecified atom stereocenters. The maximum Gasteiger partial charge on any atom is 0.202 e. The van der Waals surface area contributed by atoms with Crippen LogP contribution in [0, 0.1) is 23.7 Å². The Kier molecular flexibility index (Phi) is 4.72. The number of nitrogens with zero attached hydrogens (tertiary/aromatic N) is 3. The van der Waals surface area contributed by atoms with E-state index in [1.54, 1.807) is 0 Å². The van der Waals surface area contributed by atoms with Gasteiger partial charge in [-0.1, -0.05) is 17.7 Å². The number of anilines is 1. The van der Waals surface area contributed by atoms with Gasteiger partial charge in [0.2, 0.25) is 5.71 Å². The number of hydrazone groups is 1. The van der Waals surface area contributed by atoms with E-state index in [9.17, 15) is 0 Å². The van der Waals surface area contributed by atoms with Crippen LogP contribution in [0.2, 0.25) is 0 Å². The number of likely N-dealkylation sites (tertiary alicyclic amines) is 1. The first-order valence-corrected chi connectivity index (χ1v) is 6.85. The summed E-state index contributed by atoms with van der Waals surface area (Å²) in [7, 11) is 0. The number of rotatable bonds is 3. The van der Waals surface area contributed by atoms with Crippen molar-refractivity contribution in [2.45, 2.75) is 26.2 Å². The van der Waals surface area contributed by atoms with Crippen LogP contribution < -0.4 is 5.43 Å². The minimum absolute atomic E-state index is 0.132. The Hall–Kier alpha value is -2.35. The summed E-state index contributed by atoms with van der Waals surface area (Å²) < 4.78 is 0. The maximum atomic E-state index is 9.16. The fourth-order valence-corrected chi connectivity index (χ4v) is 2.15. The molecule has 0 saturated carbocycles. The van der Waals surface area contributed by atoms with Crippen LogP contribution in [0.1, 0.15) is 24.8 Å². The van der Waals surface area contributed by atoms with Gasteiger partial charge in [0, 0.05) is 13.1 Å². The molecule has 0 bridgehead atoms. The number of benzene rings is 1. The maximum absolute atomic E-state index is 9.16. The van der Waals surface area contributed by atoms with E-state index >= 15 is 0 Å². The molecular weight excluding hydrogens is 250 g/mol. The van der Waals surface area contributed by atoms with E-state index in [-0.39, 0.29) is 11.5 Å². The molecule has 5 nitrogen and oxygen atoms in total. The SMILES string of the molecule is Cc1ccc(N/N=C(/C#N)C(=N)N2CCCCC2)cc1. The lowest BCUT2D eigenvalue weighted by molar-refractivity contribution is 0.344. The predicted octanol–water partition coefficient (Wildman–Crippen LogP) is 2.75. The first kappa shape index (κ1) is 14.1. The topological polar surface area (TPSA) is 75.3 Å². The van der Waals surface area contributed by atoms with E-state index in [2.05, 4.69) is 10.5 Å². The van der Waals surface area contributed by atoms with Gasteiger partial charge >= 0.3 is 0 Å². The number of hydrogen-bond acceptors (Lipinski definition) is 4. The number of hydrogen-bond donors (Lipinski definition) is 2. The molecule has 1 aliphatic rings. The third-order valence-electron chi connectivity index (χ3n) is 3.35. The van der Waals surface area contributed by atoms with Gasteiger partial charge in [0.25, 0.3) is 0 Å². The monoisotopic (exact) mass is 269 g/mol. The Morgan fingerprint density at radius 3 is 2.50 bits per heavy atom. The van der Waals surface area contributed by atoms with E-state index in [0.29, 0.717) is 0 Å². The van der Waals surface area contributed by atoms with Crippen molar-refractivity contribution in [3.63, 3.8) is 0 Å². The summed E-state index contributed by atoms with van der Waals surface area (Å²) in [4.78, 5) is 1.92. The average molecular weight is 269 g/mol. The van der Waals surface area contributed by atoms with Crippen LogP contribution in [0.25, 0.3) is 0 Å². The van der Waals surface area contributed by atoms with E-state index in [1.807, 2.05) is 42.2 Å². The Morgan fingerprint density at radius 1 is 1.25 bits per heavy atom. The summed E-state index contributed by atoms with van der Waals surface area (Å²) in [5, 5.41) is 21.3. The van der Waals surface area contributed by atoms with Crippen LogP contribution in [-0.4, -0.2) is 29.5 Å². The third-order valence-corrected chi connectivity index (χ3v) is 3.35. The number of nitriles is 1. The molecule has 0 atom stereocenters. The fourth-order valence-electron chi connectivity index (χ4n) is 2.15. The minimum Gasteiger partial charge on any atom is -0.355 e. The summed E-state index contributed by atoms with van der Waals surface area (Å²) in [6.45, 7) is 3.69. The van der Waals surface area contributed by atoms with Gasteiger partial charge in [-0.05, 0) is 38.3 Å². The quantitative estimate of drug-likeness (QED) is 0.503. The molecule has 104 valence electrons. The van der Waals surface area contributed by atoms with Gasteiger partial charge in [0.05, 0.1) is 5.69 Å². The molecule has 1 heterocycles. The Morgan fingerprint density at radius 2 is 1.90 bits per heavy atom. The van der Waals surface area contributed by atoms with Crippen LogP contribution in [0.3, 0.4) is 0 Å². The van der Waals surface area contributed by atoms with Gasteiger partial charge in [0.15, 0.2) is 5.84 Å². The normalized spacial score (nSPS) is 15.6. The Bertz CT molecular complexity index is 532. The van der Waals surface area contributed by atoms with Crippen molar-refractivity contribution in [1.82, 2.24) is 4.90 Å². The molecule has 5 heteroatoms. The zero-order chi connectivity index (χ0) is 14.4.